The number of halogens is 2. The van der Waals surface area contributed by atoms with Crippen LogP contribution in [0.4, 0.5) is 8.78 Å². The number of aryl methyl sites for hydroxylation is 1. The molecule has 0 saturated carbocycles. The normalized spacial score (nSPS) is 12.4. The van der Waals surface area contributed by atoms with Crippen molar-refractivity contribution in [3.63, 3.8) is 0 Å². The Morgan fingerprint density at radius 2 is 1.91 bits per heavy atom. The van der Waals surface area contributed by atoms with E-state index in [4.69, 9.17) is 0 Å². The number of rotatable bonds is 4. The summed E-state index contributed by atoms with van der Waals surface area (Å²) in [6, 6.07) is 10.4. The number of hydrogen-bond acceptors (Lipinski definition) is 1. The Bertz CT molecular complexity index is 710. The van der Waals surface area contributed by atoms with Crippen molar-refractivity contribution in [3.8, 4) is 0 Å². The topological polar surface area (TPSA) is 29.1 Å². The van der Waals surface area contributed by atoms with Crippen molar-refractivity contribution in [3.05, 3.63) is 76.9 Å². The summed E-state index contributed by atoms with van der Waals surface area (Å²) < 4.78 is 26.5. The van der Waals surface area contributed by atoms with Crippen LogP contribution in [-0.2, 0) is 4.79 Å². The van der Waals surface area contributed by atoms with Crippen LogP contribution in [0.25, 0.3) is 6.08 Å². The highest BCUT2D eigenvalue weighted by atomic mass is 19.1. The highest BCUT2D eigenvalue weighted by molar-refractivity contribution is 5.92. The minimum Gasteiger partial charge on any atom is -0.346 e. The first-order chi connectivity index (χ1) is 10.5. The Hall–Kier alpha value is -2.49. The second-order valence-corrected chi connectivity index (χ2v) is 5.09. The molecule has 2 nitrogen and oxygen atoms in total. The zero-order valence-corrected chi connectivity index (χ0v) is 12.4. The summed E-state index contributed by atoms with van der Waals surface area (Å²) in [5.41, 5.74) is 2.25. The first kappa shape index (κ1) is 15.9. The van der Waals surface area contributed by atoms with Gasteiger partial charge in [0.1, 0.15) is 11.6 Å². The molecule has 22 heavy (non-hydrogen) atoms. The van der Waals surface area contributed by atoms with E-state index in [0.29, 0.717) is 0 Å². The summed E-state index contributed by atoms with van der Waals surface area (Å²) in [5.74, 6) is -1.64. The molecule has 1 atom stereocenters. The van der Waals surface area contributed by atoms with Gasteiger partial charge < -0.3 is 5.32 Å². The van der Waals surface area contributed by atoms with Crippen molar-refractivity contribution in [2.45, 2.75) is 19.9 Å². The Balaban J connectivity index is 2.04. The van der Waals surface area contributed by atoms with E-state index >= 15 is 0 Å². The maximum absolute atomic E-state index is 13.6. The molecule has 0 aliphatic carbocycles. The van der Waals surface area contributed by atoms with Crippen LogP contribution in [0, 0.1) is 18.6 Å². The van der Waals surface area contributed by atoms with E-state index in [-0.39, 0.29) is 11.5 Å². The molecule has 0 aliphatic heterocycles. The first-order valence-electron chi connectivity index (χ1n) is 6.96. The lowest BCUT2D eigenvalue weighted by molar-refractivity contribution is -0.117. The molecular weight excluding hydrogens is 284 g/mol. The van der Waals surface area contributed by atoms with Gasteiger partial charge in [0.25, 0.3) is 0 Å². The summed E-state index contributed by atoms with van der Waals surface area (Å²) >= 11 is 0. The second-order valence-electron chi connectivity index (χ2n) is 5.09. The molecule has 0 saturated heterocycles. The van der Waals surface area contributed by atoms with Gasteiger partial charge in [0.05, 0.1) is 6.04 Å². The average molecular weight is 301 g/mol. The molecular formula is C18H17F2NO. The molecule has 0 unspecified atom stereocenters. The highest BCUT2D eigenvalue weighted by Crippen LogP contribution is 2.17. The molecule has 0 aromatic heterocycles. The van der Waals surface area contributed by atoms with E-state index in [1.165, 1.54) is 18.2 Å². The molecule has 2 aromatic rings. The fourth-order valence-electron chi connectivity index (χ4n) is 2.13. The number of amides is 1. The molecule has 0 fully saturated rings. The van der Waals surface area contributed by atoms with E-state index < -0.39 is 17.7 Å². The van der Waals surface area contributed by atoms with Crippen molar-refractivity contribution in [2.75, 3.05) is 0 Å². The first-order valence-corrected chi connectivity index (χ1v) is 6.96. The average Bonchev–Trinajstić information content (AvgIpc) is 2.46. The van der Waals surface area contributed by atoms with E-state index in [9.17, 15) is 13.6 Å². The highest BCUT2D eigenvalue weighted by Gasteiger charge is 2.13. The zero-order chi connectivity index (χ0) is 16.1. The Kier molecular flexibility index (Phi) is 5.04. The van der Waals surface area contributed by atoms with Crippen molar-refractivity contribution in [2.24, 2.45) is 0 Å². The molecule has 0 aliphatic rings. The van der Waals surface area contributed by atoms with Crippen molar-refractivity contribution in [1.29, 1.82) is 0 Å². The van der Waals surface area contributed by atoms with Crippen molar-refractivity contribution in [1.82, 2.24) is 5.32 Å². The predicted octanol–water partition coefficient (Wildman–Crippen LogP) is 4.16. The molecule has 1 N–H and O–H groups in total. The summed E-state index contributed by atoms with van der Waals surface area (Å²) in [6.07, 6.45) is 3.11. The third-order valence-corrected chi connectivity index (χ3v) is 3.39. The fraction of sp³-hybridized carbons (Fsp3) is 0.167. The Morgan fingerprint density at radius 3 is 2.59 bits per heavy atom. The van der Waals surface area contributed by atoms with Gasteiger partial charge in [-0.1, -0.05) is 30.3 Å². The number of hydrogen-bond donors (Lipinski definition) is 1. The molecule has 1 amide bonds. The smallest absolute Gasteiger partial charge is 0.244 e. The van der Waals surface area contributed by atoms with Gasteiger partial charge in [-0.15, -0.1) is 0 Å². The molecule has 4 heteroatoms. The number of carbonyl (C=O) groups is 1. The van der Waals surface area contributed by atoms with Crippen molar-refractivity contribution < 1.29 is 13.6 Å². The SMILES string of the molecule is Cc1ccccc1/C=C/C(=O)N[C@H](C)c1ccc(F)cc1F. The molecule has 0 bridgehead atoms. The monoisotopic (exact) mass is 301 g/mol. The third-order valence-electron chi connectivity index (χ3n) is 3.39. The Morgan fingerprint density at radius 1 is 1.18 bits per heavy atom. The summed E-state index contributed by atoms with van der Waals surface area (Å²) in [7, 11) is 0. The van der Waals surface area contributed by atoms with Gasteiger partial charge in [0.15, 0.2) is 0 Å². The lowest BCUT2D eigenvalue weighted by atomic mass is 10.1. The molecule has 0 radical (unpaired) electrons. The minimum atomic E-state index is -0.671. The van der Waals surface area contributed by atoms with Crippen LogP contribution in [0.15, 0.2) is 48.5 Å². The molecule has 2 rings (SSSR count). The van der Waals surface area contributed by atoms with Crippen LogP contribution in [-0.4, -0.2) is 5.91 Å². The zero-order valence-electron chi connectivity index (χ0n) is 12.4. The summed E-state index contributed by atoms with van der Waals surface area (Å²) in [4.78, 5) is 11.9. The van der Waals surface area contributed by atoms with Crippen LogP contribution in [0.2, 0.25) is 0 Å². The van der Waals surface area contributed by atoms with Gasteiger partial charge in [-0.25, -0.2) is 8.78 Å². The van der Waals surface area contributed by atoms with Gasteiger partial charge in [0, 0.05) is 17.7 Å². The molecule has 0 spiro atoms. The van der Waals surface area contributed by atoms with Gasteiger partial charge in [0.2, 0.25) is 5.91 Å². The second kappa shape index (κ2) is 6.98. The van der Waals surface area contributed by atoms with E-state index in [1.807, 2.05) is 31.2 Å². The molecule has 0 heterocycles. The standard InChI is InChI=1S/C18H17F2NO/c1-12-5-3-4-6-14(12)7-10-18(22)21-13(2)16-9-8-15(19)11-17(16)20/h3-11,13H,1-2H3,(H,21,22)/b10-7+/t13-/m1/s1. The maximum atomic E-state index is 13.6. The maximum Gasteiger partial charge on any atom is 0.244 e. The lowest BCUT2D eigenvalue weighted by Gasteiger charge is -2.13. The largest absolute Gasteiger partial charge is 0.346 e. The van der Waals surface area contributed by atoms with Crippen LogP contribution >= 0.6 is 0 Å². The van der Waals surface area contributed by atoms with E-state index in [0.717, 1.165) is 17.2 Å². The van der Waals surface area contributed by atoms with Gasteiger partial charge >= 0.3 is 0 Å². The van der Waals surface area contributed by atoms with Gasteiger partial charge in [-0.05, 0) is 37.1 Å². The van der Waals surface area contributed by atoms with Crippen LogP contribution in [0.1, 0.15) is 29.7 Å². The molecule has 114 valence electrons. The van der Waals surface area contributed by atoms with Crippen molar-refractivity contribution >= 4 is 12.0 Å². The van der Waals surface area contributed by atoms with E-state index in [2.05, 4.69) is 5.32 Å². The number of benzene rings is 2. The fourth-order valence-corrected chi connectivity index (χ4v) is 2.13. The van der Waals surface area contributed by atoms with E-state index in [1.54, 1.807) is 13.0 Å². The van der Waals surface area contributed by atoms with Gasteiger partial charge in [-0.3, -0.25) is 4.79 Å². The van der Waals surface area contributed by atoms with Crippen LogP contribution in [0.5, 0.6) is 0 Å². The number of carbonyl (C=O) groups excluding carboxylic acids is 1. The minimum absolute atomic E-state index is 0.249. The Labute approximate surface area is 128 Å². The summed E-state index contributed by atoms with van der Waals surface area (Å²) in [6.45, 7) is 3.60. The van der Waals surface area contributed by atoms with Crippen LogP contribution in [0.3, 0.4) is 0 Å². The molecule has 2 aromatic carbocycles. The lowest BCUT2D eigenvalue weighted by Crippen LogP contribution is -2.25. The van der Waals surface area contributed by atoms with Gasteiger partial charge in [-0.2, -0.15) is 0 Å². The number of nitrogens with one attached hydrogen (secondary N) is 1. The van der Waals surface area contributed by atoms with Crippen LogP contribution < -0.4 is 5.32 Å². The quantitative estimate of drug-likeness (QED) is 0.844. The predicted molar refractivity (Wildman–Crippen MR) is 83.1 cm³/mol. The third kappa shape index (κ3) is 4.01. The summed E-state index contributed by atoms with van der Waals surface area (Å²) in [5, 5.41) is 2.66.